The van der Waals surface area contributed by atoms with Crippen molar-refractivity contribution in [3.63, 3.8) is 0 Å². The number of aromatic nitrogens is 5. The van der Waals surface area contributed by atoms with Gasteiger partial charge in [-0.2, -0.15) is 0 Å². The first-order chi connectivity index (χ1) is 15.0. The van der Waals surface area contributed by atoms with E-state index in [9.17, 15) is 14.0 Å². The molecular weight excluding hydrogens is 421 g/mol. The van der Waals surface area contributed by atoms with Crippen LogP contribution in [0.15, 0.2) is 54.2 Å². The highest BCUT2D eigenvalue weighted by atomic mass is 32.1. The average molecular weight is 437 g/mol. The third-order valence-electron chi connectivity index (χ3n) is 4.23. The highest BCUT2D eigenvalue weighted by molar-refractivity contribution is 7.14. The number of nitrogens with one attached hydrogen (secondary N) is 2. The van der Waals surface area contributed by atoms with Gasteiger partial charge < -0.3 is 10.6 Å². The number of hydrogen-bond acceptors (Lipinski definition) is 7. The SMILES string of the molecule is CC(=O)Nc1ccc(-c2csc(NC(=O)Cc3ccc(-n4cnnn4)cc3)n2)c(F)c1. The quantitative estimate of drug-likeness (QED) is 0.479. The summed E-state index contributed by atoms with van der Waals surface area (Å²) in [7, 11) is 0. The van der Waals surface area contributed by atoms with E-state index in [-0.39, 0.29) is 23.8 Å². The Morgan fingerprint density at radius 3 is 2.61 bits per heavy atom. The van der Waals surface area contributed by atoms with E-state index in [0.717, 1.165) is 11.3 Å². The summed E-state index contributed by atoms with van der Waals surface area (Å²) in [6, 6.07) is 11.6. The first-order valence-electron chi connectivity index (χ1n) is 9.13. The van der Waals surface area contributed by atoms with Crippen LogP contribution in [0.2, 0.25) is 0 Å². The zero-order valence-electron chi connectivity index (χ0n) is 16.2. The molecule has 0 bridgehead atoms. The van der Waals surface area contributed by atoms with Gasteiger partial charge in [0.2, 0.25) is 11.8 Å². The molecule has 2 amide bonds. The zero-order valence-corrected chi connectivity index (χ0v) is 17.1. The molecule has 0 fully saturated rings. The van der Waals surface area contributed by atoms with Crippen LogP contribution in [0.3, 0.4) is 0 Å². The second-order valence-electron chi connectivity index (χ2n) is 6.56. The van der Waals surface area contributed by atoms with Gasteiger partial charge in [0.05, 0.1) is 17.8 Å². The third kappa shape index (κ3) is 4.95. The minimum Gasteiger partial charge on any atom is -0.326 e. The standard InChI is InChI=1S/C20H16FN7O2S/c1-12(29)23-14-4-7-16(17(21)9-14)18-10-31-20(24-18)25-19(30)8-13-2-5-15(6-3-13)28-11-22-26-27-28/h2-7,9-11H,8H2,1H3,(H,23,29)(H,24,25,30). The van der Waals surface area contributed by atoms with Crippen LogP contribution < -0.4 is 10.6 Å². The van der Waals surface area contributed by atoms with E-state index in [1.165, 1.54) is 41.4 Å². The molecule has 0 radical (unpaired) electrons. The lowest BCUT2D eigenvalue weighted by Gasteiger charge is -2.05. The lowest BCUT2D eigenvalue weighted by Crippen LogP contribution is -2.14. The van der Waals surface area contributed by atoms with Gasteiger partial charge in [0.25, 0.3) is 0 Å². The number of nitrogens with zero attached hydrogens (tertiary/aromatic N) is 5. The van der Waals surface area contributed by atoms with E-state index in [1.807, 2.05) is 24.3 Å². The Morgan fingerprint density at radius 2 is 1.94 bits per heavy atom. The molecule has 0 spiro atoms. The molecule has 2 aromatic carbocycles. The Kier molecular flexibility index (Phi) is 5.76. The maximum absolute atomic E-state index is 14.4. The lowest BCUT2D eigenvalue weighted by molar-refractivity contribution is -0.116. The number of amides is 2. The van der Waals surface area contributed by atoms with Crippen molar-refractivity contribution in [1.82, 2.24) is 25.2 Å². The van der Waals surface area contributed by atoms with E-state index in [2.05, 4.69) is 31.1 Å². The molecule has 9 nitrogen and oxygen atoms in total. The first-order valence-corrected chi connectivity index (χ1v) is 10.0. The van der Waals surface area contributed by atoms with Crippen LogP contribution in [-0.4, -0.2) is 37.0 Å². The molecule has 0 atom stereocenters. The molecule has 2 N–H and O–H groups in total. The summed E-state index contributed by atoms with van der Waals surface area (Å²) in [5.41, 5.74) is 2.64. The maximum Gasteiger partial charge on any atom is 0.230 e. The number of anilines is 2. The van der Waals surface area contributed by atoms with Crippen LogP contribution in [0.5, 0.6) is 0 Å². The van der Waals surface area contributed by atoms with Gasteiger partial charge in [-0.05, 0) is 46.3 Å². The van der Waals surface area contributed by atoms with Gasteiger partial charge in [-0.15, -0.1) is 16.4 Å². The number of thiazole rings is 1. The largest absolute Gasteiger partial charge is 0.326 e. The lowest BCUT2D eigenvalue weighted by atomic mass is 10.1. The summed E-state index contributed by atoms with van der Waals surface area (Å²) in [6.07, 6.45) is 1.64. The predicted molar refractivity (Wildman–Crippen MR) is 113 cm³/mol. The maximum atomic E-state index is 14.4. The number of hydrogen-bond donors (Lipinski definition) is 2. The molecule has 11 heteroatoms. The average Bonchev–Trinajstić information content (AvgIpc) is 3.40. The number of tetrazole rings is 1. The molecular formula is C20H16FN7O2S. The second-order valence-corrected chi connectivity index (χ2v) is 7.42. The monoisotopic (exact) mass is 437 g/mol. The van der Waals surface area contributed by atoms with Gasteiger partial charge in [0.15, 0.2) is 5.13 Å². The Morgan fingerprint density at radius 1 is 1.13 bits per heavy atom. The molecule has 0 saturated heterocycles. The van der Waals surface area contributed by atoms with Crippen LogP contribution in [-0.2, 0) is 16.0 Å². The Labute approximate surface area is 179 Å². The van der Waals surface area contributed by atoms with Gasteiger partial charge >= 0.3 is 0 Å². The van der Waals surface area contributed by atoms with Gasteiger partial charge in [0.1, 0.15) is 12.1 Å². The van der Waals surface area contributed by atoms with Crippen molar-refractivity contribution in [3.05, 3.63) is 65.6 Å². The van der Waals surface area contributed by atoms with E-state index in [1.54, 1.807) is 11.4 Å². The van der Waals surface area contributed by atoms with Crippen molar-refractivity contribution < 1.29 is 14.0 Å². The van der Waals surface area contributed by atoms with Crippen molar-refractivity contribution in [1.29, 1.82) is 0 Å². The van der Waals surface area contributed by atoms with Crippen LogP contribution >= 0.6 is 11.3 Å². The van der Waals surface area contributed by atoms with Crippen LogP contribution in [0.1, 0.15) is 12.5 Å². The summed E-state index contributed by atoms with van der Waals surface area (Å²) in [5, 5.41) is 18.3. The number of carbonyl (C=O) groups excluding carboxylic acids is 2. The summed E-state index contributed by atoms with van der Waals surface area (Å²) in [4.78, 5) is 27.7. The normalized spacial score (nSPS) is 10.6. The third-order valence-corrected chi connectivity index (χ3v) is 4.99. The van der Waals surface area contributed by atoms with E-state index in [0.29, 0.717) is 16.5 Å². The van der Waals surface area contributed by atoms with E-state index >= 15 is 0 Å². The van der Waals surface area contributed by atoms with Crippen molar-refractivity contribution in [2.75, 3.05) is 10.6 Å². The van der Waals surface area contributed by atoms with Crippen molar-refractivity contribution in [3.8, 4) is 16.9 Å². The number of benzene rings is 2. The molecule has 31 heavy (non-hydrogen) atoms. The first kappa shape index (κ1) is 20.3. The summed E-state index contributed by atoms with van der Waals surface area (Å²) in [6.45, 7) is 1.35. The van der Waals surface area contributed by atoms with Gasteiger partial charge in [-0.1, -0.05) is 12.1 Å². The molecule has 0 aliphatic carbocycles. The van der Waals surface area contributed by atoms with Crippen LogP contribution in [0.25, 0.3) is 16.9 Å². The van der Waals surface area contributed by atoms with E-state index < -0.39 is 5.82 Å². The van der Waals surface area contributed by atoms with E-state index in [4.69, 9.17) is 0 Å². The summed E-state index contributed by atoms with van der Waals surface area (Å²) >= 11 is 1.20. The fourth-order valence-electron chi connectivity index (χ4n) is 2.85. The summed E-state index contributed by atoms with van der Waals surface area (Å²) < 4.78 is 15.9. The molecule has 2 aromatic heterocycles. The predicted octanol–water partition coefficient (Wildman–Crippen LogP) is 3.06. The van der Waals surface area contributed by atoms with Crippen molar-refractivity contribution >= 4 is 34.0 Å². The zero-order chi connectivity index (χ0) is 21.8. The molecule has 2 heterocycles. The minimum atomic E-state index is -0.517. The highest BCUT2D eigenvalue weighted by Crippen LogP contribution is 2.28. The van der Waals surface area contributed by atoms with Crippen molar-refractivity contribution in [2.24, 2.45) is 0 Å². The topological polar surface area (TPSA) is 115 Å². The number of rotatable bonds is 6. The molecule has 0 aliphatic rings. The fourth-order valence-corrected chi connectivity index (χ4v) is 3.58. The van der Waals surface area contributed by atoms with Gasteiger partial charge in [-0.25, -0.2) is 14.1 Å². The molecule has 156 valence electrons. The van der Waals surface area contributed by atoms with Gasteiger partial charge in [0, 0.05) is 23.6 Å². The molecule has 0 saturated carbocycles. The smallest absolute Gasteiger partial charge is 0.230 e. The van der Waals surface area contributed by atoms with Crippen LogP contribution in [0, 0.1) is 5.82 Å². The Bertz CT molecular complexity index is 1220. The van der Waals surface area contributed by atoms with Crippen molar-refractivity contribution in [2.45, 2.75) is 13.3 Å². The molecule has 4 aromatic rings. The second kappa shape index (κ2) is 8.79. The van der Waals surface area contributed by atoms with Gasteiger partial charge in [-0.3, -0.25) is 9.59 Å². The number of carbonyl (C=O) groups is 2. The van der Waals surface area contributed by atoms with Crippen LogP contribution in [0.4, 0.5) is 15.2 Å². The molecule has 4 rings (SSSR count). The Balaban J connectivity index is 1.39. The minimum absolute atomic E-state index is 0.157. The molecule has 0 unspecified atom stereocenters. The molecule has 0 aliphatic heterocycles. The fraction of sp³-hybridized carbons (Fsp3) is 0.100. The highest BCUT2D eigenvalue weighted by Gasteiger charge is 2.13. The number of halogens is 1. The Hall–Kier alpha value is -3.99. The summed E-state index contributed by atoms with van der Waals surface area (Å²) in [5.74, 6) is -1.04.